The molecule has 56 heavy (non-hydrogen) atoms. The first-order valence-electron chi connectivity index (χ1n) is 18.8. The maximum absolute atomic E-state index is 6.66. The van der Waals surface area contributed by atoms with Crippen LogP contribution in [-0.2, 0) is 0 Å². The first-order chi connectivity index (χ1) is 27.7. The van der Waals surface area contributed by atoms with Crippen LogP contribution in [0.5, 0.6) is 0 Å². The molecule has 5 heteroatoms. The molecule has 8 aromatic carbocycles. The smallest absolute Gasteiger partial charge is 0.164 e. The van der Waals surface area contributed by atoms with Gasteiger partial charge in [0, 0.05) is 43.9 Å². The number of aromatic nitrogens is 4. The van der Waals surface area contributed by atoms with E-state index in [0.717, 1.165) is 83.0 Å². The molecule has 0 aliphatic rings. The first kappa shape index (κ1) is 31.9. The monoisotopic (exact) mass is 716 g/mol. The molecule has 0 aliphatic heterocycles. The molecule has 0 N–H and O–H groups in total. The van der Waals surface area contributed by atoms with Crippen LogP contribution in [0.25, 0.3) is 106 Å². The number of para-hydroxylation sites is 2. The normalized spacial score (nSPS) is 11.6. The SMILES string of the molecule is c1ccc(-c2ccc(-c3nc(-c4cccc(-c5ccccc5)c4)nc(-c4cccc5oc6cc7c8ccccc8n(-c8ccccc8)c7cc6c45)n3)cc2)cc1. The summed E-state index contributed by atoms with van der Waals surface area (Å²) < 4.78 is 8.99. The van der Waals surface area contributed by atoms with Gasteiger partial charge in [0.2, 0.25) is 0 Å². The Morgan fingerprint density at radius 2 is 0.911 bits per heavy atom. The van der Waals surface area contributed by atoms with Gasteiger partial charge in [0.05, 0.1) is 11.0 Å². The van der Waals surface area contributed by atoms with Gasteiger partial charge in [-0.15, -0.1) is 0 Å². The van der Waals surface area contributed by atoms with E-state index in [0.29, 0.717) is 17.5 Å². The Labute approximate surface area is 322 Å². The summed E-state index contributed by atoms with van der Waals surface area (Å²) in [5.74, 6) is 1.79. The minimum atomic E-state index is 0.583. The third-order valence-electron chi connectivity index (χ3n) is 10.7. The number of hydrogen-bond donors (Lipinski definition) is 0. The number of benzene rings is 8. The van der Waals surface area contributed by atoms with Crippen LogP contribution >= 0.6 is 0 Å². The third kappa shape index (κ3) is 5.37. The Kier molecular flexibility index (Phi) is 7.42. The molecule has 0 unspecified atom stereocenters. The highest BCUT2D eigenvalue weighted by molar-refractivity contribution is 6.19. The third-order valence-corrected chi connectivity index (χ3v) is 10.7. The van der Waals surface area contributed by atoms with E-state index in [9.17, 15) is 0 Å². The number of hydrogen-bond acceptors (Lipinski definition) is 4. The molecule has 5 nitrogen and oxygen atoms in total. The van der Waals surface area contributed by atoms with Gasteiger partial charge in [-0.05, 0) is 64.7 Å². The summed E-state index contributed by atoms with van der Waals surface area (Å²) in [4.78, 5) is 15.6. The summed E-state index contributed by atoms with van der Waals surface area (Å²) in [5, 5.41) is 4.29. The van der Waals surface area contributed by atoms with Gasteiger partial charge in [-0.1, -0.05) is 152 Å². The molecule has 0 spiro atoms. The van der Waals surface area contributed by atoms with Crippen molar-refractivity contribution < 1.29 is 4.42 Å². The number of rotatable bonds is 6. The standard InChI is InChI=1S/C51H32N4O/c1-4-14-33(15-5-1)35-26-28-36(29-27-35)49-52-50(38-19-12-18-37(30-38)34-16-6-2-7-17-34)54-51(53-49)41-23-13-25-46-48(41)43-31-45-42(32-47(43)56-46)40-22-10-11-24-44(40)55(45)39-20-8-3-9-21-39/h1-32H. The van der Waals surface area contributed by atoms with Gasteiger partial charge < -0.3 is 8.98 Å². The molecule has 11 rings (SSSR count). The van der Waals surface area contributed by atoms with Gasteiger partial charge >= 0.3 is 0 Å². The molecule has 0 atom stereocenters. The van der Waals surface area contributed by atoms with Crippen molar-refractivity contribution in [3.8, 4) is 62.1 Å². The van der Waals surface area contributed by atoms with E-state index >= 15 is 0 Å². The van der Waals surface area contributed by atoms with E-state index in [4.69, 9.17) is 19.4 Å². The van der Waals surface area contributed by atoms with Gasteiger partial charge in [-0.3, -0.25) is 0 Å². The van der Waals surface area contributed by atoms with Crippen LogP contribution in [0.2, 0.25) is 0 Å². The zero-order valence-electron chi connectivity index (χ0n) is 30.2. The minimum absolute atomic E-state index is 0.583. The minimum Gasteiger partial charge on any atom is -0.456 e. The predicted molar refractivity (Wildman–Crippen MR) is 229 cm³/mol. The van der Waals surface area contributed by atoms with Crippen molar-refractivity contribution in [2.45, 2.75) is 0 Å². The lowest BCUT2D eigenvalue weighted by Crippen LogP contribution is -2.00. The molecule has 0 fully saturated rings. The maximum atomic E-state index is 6.66. The summed E-state index contributed by atoms with van der Waals surface area (Å²) in [5.41, 5.74) is 12.2. The molecule has 0 saturated carbocycles. The molecule has 262 valence electrons. The number of fused-ring (bicyclic) bond motifs is 6. The summed E-state index contributed by atoms with van der Waals surface area (Å²) in [6.07, 6.45) is 0. The fourth-order valence-corrected chi connectivity index (χ4v) is 7.99. The van der Waals surface area contributed by atoms with E-state index in [-0.39, 0.29) is 0 Å². The van der Waals surface area contributed by atoms with Crippen LogP contribution in [0.1, 0.15) is 0 Å². The number of furan rings is 1. The molecular formula is C51H32N4O. The van der Waals surface area contributed by atoms with E-state index in [1.165, 1.54) is 5.39 Å². The Bertz CT molecular complexity index is 3220. The quantitative estimate of drug-likeness (QED) is 0.172. The van der Waals surface area contributed by atoms with E-state index < -0.39 is 0 Å². The van der Waals surface area contributed by atoms with Crippen molar-refractivity contribution in [2.75, 3.05) is 0 Å². The molecule has 0 bridgehead atoms. The summed E-state index contributed by atoms with van der Waals surface area (Å²) in [6.45, 7) is 0. The van der Waals surface area contributed by atoms with Crippen molar-refractivity contribution >= 4 is 43.7 Å². The van der Waals surface area contributed by atoms with Crippen LogP contribution in [-0.4, -0.2) is 19.5 Å². The van der Waals surface area contributed by atoms with Gasteiger partial charge in [0.25, 0.3) is 0 Å². The zero-order chi connectivity index (χ0) is 37.0. The molecule has 0 aliphatic carbocycles. The molecule has 3 aromatic heterocycles. The molecule has 0 radical (unpaired) electrons. The second-order valence-corrected chi connectivity index (χ2v) is 14.0. The van der Waals surface area contributed by atoms with Gasteiger partial charge in [-0.2, -0.15) is 0 Å². The molecular weight excluding hydrogens is 685 g/mol. The van der Waals surface area contributed by atoms with Gasteiger partial charge in [-0.25, -0.2) is 15.0 Å². The average molecular weight is 717 g/mol. The van der Waals surface area contributed by atoms with Crippen molar-refractivity contribution in [1.82, 2.24) is 19.5 Å². The van der Waals surface area contributed by atoms with Crippen LogP contribution in [0.3, 0.4) is 0 Å². The van der Waals surface area contributed by atoms with E-state index in [1.54, 1.807) is 0 Å². The Balaban J connectivity index is 1.14. The fourth-order valence-electron chi connectivity index (χ4n) is 7.99. The second kappa shape index (κ2) is 13.0. The van der Waals surface area contributed by atoms with Crippen LogP contribution < -0.4 is 0 Å². The van der Waals surface area contributed by atoms with Gasteiger partial charge in [0.1, 0.15) is 11.2 Å². The summed E-state index contributed by atoms with van der Waals surface area (Å²) >= 11 is 0. The summed E-state index contributed by atoms with van der Waals surface area (Å²) in [7, 11) is 0. The Morgan fingerprint density at radius 1 is 0.339 bits per heavy atom. The average Bonchev–Trinajstić information content (AvgIpc) is 3.81. The predicted octanol–water partition coefficient (Wildman–Crippen LogP) is 13.2. The lowest BCUT2D eigenvalue weighted by Gasteiger charge is -2.11. The Hall–Kier alpha value is -7.63. The van der Waals surface area contributed by atoms with Crippen molar-refractivity contribution in [1.29, 1.82) is 0 Å². The highest BCUT2D eigenvalue weighted by Gasteiger charge is 2.21. The lowest BCUT2D eigenvalue weighted by molar-refractivity contribution is 0.669. The first-order valence-corrected chi connectivity index (χ1v) is 18.8. The lowest BCUT2D eigenvalue weighted by atomic mass is 10.0. The molecule has 3 heterocycles. The topological polar surface area (TPSA) is 56.7 Å². The Morgan fingerprint density at radius 3 is 1.68 bits per heavy atom. The molecule has 0 saturated heterocycles. The zero-order valence-corrected chi connectivity index (χ0v) is 30.2. The fraction of sp³-hybridized carbons (Fsp3) is 0. The van der Waals surface area contributed by atoms with Crippen molar-refractivity contribution in [2.24, 2.45) is 0 Å². The number of nitrogens with zero attached hydrogens (tertiary/aromatic N) is 4. The van der Waals surface area contributed by atoms with Crippen molar-refractivity contribution in [3.63, 3.8) is 0 Å². The van der Waals surface area contributed by atoms with Gasteiger partial charge in [0.15, 0.2) is 17.5 Å². The highest BCUT2D eigenvalue weighted by atomic mass is 16.3. The molecule has 0 amide bonds. The maximum Gasteiger partial charge on any atom is 0.164 e. The summed E-state index contributed by atoms with van der Waals surface area (Å²) in [6, 6.07) is 67.3. The highest BCUT2D eigenvalue weighted by Crippen LogP contribution is 2.41. The largest absolute Gasteiger partial charge is 0.456 e. The van der Waals surface area contributed by atoms with Crippen LogP contribution in [0.15, 0.2) is 199 Å². The van der Waals surface area contributed by atoms with Crippen molar-refractivity contribution in [3.05, 3.63) is 194 Å². The van der Waals surface area contributed by atoms with Crippen LogP contribution in [0.4, 0.5) is 0 Å². The molecule has 11 aromatic rings. The van der Waals surface area contributed by atoms with E-state index in [1.807, 2.05) is 24.3 Å². The van der Waals surface area contributed by atoms with Crippen LogP contribution in [0, 0.1) is 0 Å². The second-order valence-electron chi connectivity index (χ2n) is 14.0. The van der Waals surface area contributed by atoms with E-state index in [2.05, 4.69) is 174 Å².